The number of ether oxygens (including phenoxy) is 4. The van der Waals surface area contributed by atoms with E-state index in [2.05, 4.69) is 63.8 Å². The zero-order valence-electron chi connectivity index (χ0n) is 34.6. The van der Waals surface area contributed by atoms with Crippen LogP contribution in [-0.4, -0.2) is 87.3 Å². The van der Waals surface area contributed by atoms with Crippen LogP contribution >= 0.6 is 0 Å². The molecule has 0 bridgehead atoms. The Bertz CT molecular complexity index is 2620. The summed E-state index contributed by atoms with van der Waals surface area (Å²) in [7, 11) is 1.31. The van der Waals surface area contributed by atoms with Gasteiger partial charge < -0.3 is 39.1 Å². The van der Waals surface area contributed by atoms with Gasteiger partial charge in [0.2, 0.25) is 5.91 Å². The van der Waals surface area contributed by atoms with E-state index in [0.717, 1.165) is 98.6 Å². The molecule has 4 aliphatic rings. The number of amides is 3. The van der Waals surface area contributed by atoms with Gasteiger partial charge in [0.05, 0.1) is 43.0 Å². The minimum absolute atomic E-state index is 0.0294. The Labute approximate surface area is 358 Å². The van der Waals surface area contributed by atoms with Gasteiger partial charge in [-0.2, -0.15) is 0 Å². The molecular formula is C48H49N7O7. The van der Waals surface area contributed by atoms with E-state index in [0.29, 0.717) is 45.8 Å². The summed E-state index contributed by atoms with van der Waals surface area (Å²) in [5.74, 6) is 2.19. The van der Waals surface area contributed by atoms with Crippen molar-refractivity contribution < 1.29 is 33.3 Å². The van der Waals surface area contributed by atoms with Gasteiger partial charge in [0.25, 0.3) is 0 Å². The van der Waals surface area contributed by atoms with Crippen molar-refractivity contribution in [3.05, 3.63) is 114 Å². The highest BCUT2D eigenvalue weighted by atomic mass is 16.6. The highest BCUT2D eigenvalue weighted by Gasteiger charge is 2.40. The second-order valence-electron chi connectivity index (χ2n) is 16.5. The van der Waals surface area contributed by atoms with Crippen LogP contribution < -0.4 is 10.1 Å². The minimum atomic E-state index is -0.687. The molecule has 3 fully saturated rings. The molecule has 0 radical (unpaired) electrons. The molecule has 0 saturated carbocycles. The third kappa shape index (κ3) is 7.63. The topological polar surface area (TPSA) is 164 Å². The molecule has 3 atom stereocenters. The van der Waals surface area contributed by atoms with Gasteiger partial charge in [-0.25, -0.2) is 19.6 Å². The molecule has 3 amide bonds. The smallest absolute Gasteiger partial charge is 0.410 e. The molecule has 6 heterocycles. The van der Waals surface area contributed by atoms with E-state index >= 15 is 0 Å². The lowest BCUT2D eigenvalue weighted by Gasteiger charge is -2.34. The maximum Gasteiger partial charge on any atom is 0.410 e. The number of aromatic amines is 2. The van der Waals surface area contributed by atoms with E-state index in [1.54, 1.807) is 4.90 Å². The molecule has 3 N–H and O–H groups in total. The molecule has 14 heteroatoms. The van der Waals surface area contributed by atoms with E-state index in [4.69, 9.17) is 28.9 Å². The molecule has 4 aromatic carbocycles. The van der Waals surface area contributed by atoms with Crippen molar-refractivity contribution in [3.8, 4) is 39.4 Å². The fraction of sp³-hybridized carbons (Fsp3) is 0.354. The third-order valence-electron chi connectivity index (χ3n) is 12.9. The highest BCUT2D eigenvalue weighted by Crippen LogP contribution is 2.44. The number of carbonyl (C=O) groups excluding carboxylic acids is 3. The number of benzene rings is 4. The van der Waals surface area contributed by atoms with Crippen molar-refractivity contribution in [2.75, 3.05) is 33.4 Å². The zero-order valence-corrected chi connectivity index (χ0v) is 34.6. The van der Waals surface area contributed by atoms with Gasteiger partial charge in [0.1, 0.15) is 36.7 Å². The number of aromatic nitrogens is 4. The van der Waals surface area contributed by atoms with Crippen LogP contribution in [0.1, 0.15) is 73.4 Å². The number of likely N-dealkylation sites (tertiary alicyclic amines) is 2. The quantitative estimate of drug-likeness (QED) is 0.130. The Morgan fingerprint density at radius 1 is 0.806 bits per heavy atom. The molecule has 3 saturated heterocycles. The van der Waals surface area contributed by atoms with Crippen LogP contribution in [0.15, 0.2) is 91.3 Å². The molecular weight excluding hydrogens is 787 g/mol. The number of rotatable bonds is 9. The largest absolute Gasteiger partial charge is 0.488 e. The zero-order chi connectivity index (χ0) is 42.2. The highest BCUT2D eigenvalue weighted by molar-refractivity contribution is 5.98. The monoisotopic (exact) mass is 835 g/mol. The molecule has 62 heavy (non-hydrogen) atoms. The molecule has 14 nitrogen and oxygen atoms in total. The van der Waals surface area contributed by atoms with Gasteiger partial charge in [-0.05, 0) is 90.3 Å². The molecule has 0 unspecified atom stereocenters. The predicted molar refractivity (Wildman–Crippen MR) is 231 cm³/mol. The van der Waals surface area contributed by atoms with Gasteiger partial charge >= 0.3 is 12.2 Å². The van der Waals surface area contributed by atoms with Gasteiger partial charge in [-0.15, -0.1) is 0 Å². The van der Waals surface area contributed by atoms with Crippen LogP contribution in [0, 0.1) is 5.92 Å². The third-order valence-corrected chi connectivity index (χ3v) is 12.9. The average Bonchev–Trinajstić information content (AvgIpc) is 4.17. The second kappa shape index (κ2) is 17.0. The maximum absolute atomic E-state index is 14.0. The predicted octanol–water partition coefficient (Wildman–Crippen LogP) is 8.47. The minimum Gasteiger partial charge on any atom is -0.488 e. The van der Waals surface area contributed by atoms with E-state index < -0.39 is 12.1 Å². The van der Waals surface area contributed by atoms with Crippen molar-refractivity contribution in [3.63, 3.8) is 0 Å². The number of H-pyrrole nitrogens is 2. The number of imidazole rings is 2. The molecule has 2 aromatic heterocycles. The van der Waals surface area contributed by atoms with Gasteiger partial charge in [0.15, 0.2) is 0 Å². The fourth-order valence-electron chi connectivity index (χ4n) is 9.62. The first kappa shape index (κ1) is 39.5. The van der Waals surface area contributed by atoms with E-state index in [9.17, 15) is 14.4 Å². The number of alkyl carbamates (subject to hydrolysis) is 1. The number of fused-ring (bicyclic) bond motifs is 5. The number of methoxy groups -OCH3 is 1. The Hall–Kier alpha value is -6.67. The summed E-state index contributed by atoms with van der Waals surface area (Å²) in [6.07, 6.45) is 7.44. The van der Waals surface area contributed by atoms with Crippen molar-refractivity contribution >= 4 is 28.9 Å². The molecule has 4 aliphatic heterocycles. The van der Waals surface area contributed by atoms with Crippen molar-refractivity contribution in [1.82, 2.24) is 35.1 Å². The van der Waals surface area contributed by atoms with Crippen LogP contribution in [0.4, 0.5) is 9.59 Å². The van der Waals surface area contributed by atoms with E-state index in [1.807, 2.05) is 47.6 Å². The average molecular weight is 836 g/mol. The number of hydrogen-bond acceptors (Lipinski definition) is 9. The van der Waals surface area contributed by atoms with Crippen LogP contribution in [0.2, 0.25) is 0 Å². The fourth-order valence-corrected chi connectivity index (χ4v) is 9.62. The summed E-state index contributed by atoms with van der Waals surface area (Å²) >= 11 is 0. The summed E-state index contributed by atoms with van der Waals surface area (Å²) in [4.78, 5) is 59.6. The van der Waals surface area contributed by atoms with Crippen LogP contribution in [-0.2, 0) is 32.2 Å². The SMILES string of the molecule is COC(=O)N[C@H](C(=O)N1CCC[C@H]1c1ncc(-c2ccc3c(c2)COc2c-3ccc3cc(-c4cnc([C@@H]5CCCN5C(=O)OCc5ccccc5)[nH]4)ccc23)[nH]1)C1CCOCC1. The summed E-state index contributed by atoms with van der Waals surface area (Å²) in [5.41, 5.74) is 7.89. The van der Waals surface area contributed by atoms with Gasteiger partial charge in [-0.3, -0.25) is 9.69 Å². The summed E-state index contributed by atoms with van der Waals surface area (Å²) in [6.45, 7) is 2.99. The van der Waals surface area contributed by atoms with Crippen LogP contribution in [0.3, 0.4) is 0 Å². The van der Waals surface area contributed by atoms with Gasteiger partial charge in [0, 0.05) is 42.8 Å². The van der Waals surface area contributed by atoms with Crippen molar-refractivity contribution in [1.29, 1.82) is 0 Å². The maximum atomic E-state index is 14.0. The standard InChI is InChI=1S/C48H49N7O7/c1-59-47(57)53-42(30-17-21-60-22-18-30)46(56)54-19-5-9-40(54)44-49-26-39(51-44)33-12-14-35-34(24-33)28-61-43-36-15-13-32(23-31(36)11-16-37(35)43)38-25-50-45(52-38)41-10-6-20-55(41)48(58)62-27-29-7-3-2-4-8-29/h2-4,7-8,11-16,23-26,30,40-42H,5-6,9-10,17-22,27-28H2,1H3,(H,49,51)(H,50,52)(H,53,57)/t40-,41-,42-/m0/s1. The Morgan fingerprint density at radius 3 is 2.23 bits per heavy atom. The first-order valence-electron chi connectivity index (χ1n) is 21.6. The van der Waals surface area contributed by atoms with E-state index in [-0.39, 0.29) is 36.6 Å². The lowest BCUT2D eigenvalue weighted by Crippen LogP contribution is -2.53. The molecule has 318 valence electrons. The molecule has 10 rings (SSSR count). The Balaban J connectivity index is 0.835. The van der Waals surface area contributed by atoms with Crippen molar-refractivity contribution in [2.45, 2.75) is 69.9 Å². The second-order valence-corrected chi connectivity index (χ2v) is 16.5. The summed E-state index contributed by atoms with van der Waals surface area (Å²) in [6, 6.07) is 25.6. The van der Waals surface area contributed by atoms with Crippen molar-refractivity contribution in [2.24, 2.45) is 5.92 Å². The number of nitrogens with one attached hydrogen (secondary N) is 3. The molecule has 6 aromatic rings. The molecule has 0 aliphatic carbocycles. The lowest BCUT2D eigenvalue weighted by molar-refractivity contribution is -0.136. The number of carbonyl (C=O) groups is 3. The van der Waals surface area contributed by atoms with Crippen LogP contribution in [0.5, 0.6) is 5.75 Å². The normalized spacial score (nSPS) is 19.1. The summed E-state index contributed by atoms with van der Waals surface area (Å²) < 4.78 is 22.6. The first-order chi connectivity index (χ1) is 30.4. The van der Waals surface area contributed by atoms with E-state index in [1.165, 1.54) is 7.11 Å². The summed E-state index contributed by atoms with van der Waals surface area (Å²) in [5, 5.41) is 4.90. The van der Waals surface area contributed by atoms with Gasteiger partial charge in [-0.1, -0.05) is 60.7 Å². The number of hydrogen-bond donors (Lipinski definition) is 3. The molecule has 0 spiro atoms. The number of nitrogens with zero attached hydrogens (tertiary/aromatic N) is 4. The Morgan fingerprint density at radius 2 is 1.48 bits per heavy atom. The lowest BCUT2D eigenvalue weighted by atomic mass is 9.90. The van der Waals surface area contributed by atoms with Crippen LogP contribution in [0.25, 0.3) is 44.4 Å². The first-order valence-corrected chi connectivity index (χ1v) is 21.6. The Kier molecular flexibility index (Phi) is 10.8.